The Morgan fingerprint density at radius 1 is 1.00 bits per heavy atom. The van der Waals surface area contributed by atoms with Crippen molar-refractivity contribution in [2.75, 3.05) is 32.1 Å². The van der Waals surface area contributed by atoms with E-state index in [2.05, 4.69) is 20.2 Å². The highest BCUT2D eigenvalue weighted by atomic mass is 19.4. The van der Waals surface area contributed by atoms with Gasteiger partial charge in [0.05, 0.1) is 18.4 Å². The number of benzene rings is 3. The molecule has 4 aromatic rings. The zero-order chi connectivity index (χ0) is 28.8. The second-order valence-corrected chi connectivity index (χ2v) is 10.1. The van der Waals surface area contributed by atoms with E-state index in [9.17, 15) is 18.0 Å². The number of nitrogens with zero attached hydrogens (tertiary/aromatic N) is 3. The Balaban J connectivity index is 1.28. The van der Waals surface area contributed by atoms with Crippen molar-refractivity contribution >= 4 is 11.6 Å². The van der Waals surface area contributed by atoms with E-state index in [1.807, 2.05) is 24.3 Å². The standard InChI is InChI=1S/C32H31F3N4O2/c1-41-29-12-9-24(31(40)37-27-10-7-22(8-11-27)14-18-39-16-2-3-17-39)19-25(29)21-30-36-15-13-28(38-30)23-5-4-6-26(20-23)32(33,34)35/h4-13,15,19-20H,2-3,14,16-18,21H2,1H3,(H,37,40). The monoisotopic (exact) mass is 560 g/mol. The van der Waals surface area contributed by atoms with E-state index >= 15 is 0 Å². The molecular formula is C32H31F3N4O2. The van der Waals surface area contributed by atoms with Crippen LogP contribution < -0.4 is 10.1 Å². The number of carbonyl (C=O) groups excluding carboxylic acids is 1. The molecule has 1 aliphatic rings. The minimum atomic E-state index is -4.45. The van der Waals surface area contributed by atoms with Gasteiger partial charge in [0.15, 0.2) is 0 Å². The highest BCUT2D eigenvalue weighted by molar-refractivity contribution is 6.04. The number of amides is 1. The number of hydrogen-bond acceptors (Lipinski definition) is 5. The molecule has 1 fully saturated rings. The van der Waals surface area contributed by atoms with Gasteiger partial charge < -0.3 is 15.0 Å². The minimum absolute atomic E-state index is 0.225. The first-order valence-corrected chi connectivity index (χ1v) is 13.6. The SMILES string of the molecule is COc1ccc(C(=O)Nc2ccc(CCN3CCCC3)cc2)cc1Cc1nccc(-c2cccc(C(F)(F)F)c2)n1. The summed E-state index contributed by atoms with van der Waals surface area (Å²) in [6.07, 6.45) is 0.815. The van der Waals surface area contributed by atoms with Crippen LogP contribution in [0.4, 0.5) is 18.9 Å². The summed E-state index contributed by atoms with van der Waals surface area (Å²) < 4.78 is 45.1. The Hall–Kier alpha value is -4.24. The van der Waals surface area contributed by atoms with Crippen LogP contribution in [-0.2, 0) is 19.0 Å². The lowest BCUT2D eigenvalue weighted by molar-refractivity contribution is -0.137. The predicted octanol–water partition coefficient (Wildman–Crippen LogP) is 6.65. The number of anilines is 1. The zero-order valence-corrected chi connectivity index (χ0v) is 22.7. The van der Waals surface area contributed by atoms with Crippen molar-refractivity contribution in [3.05, 3.63) is 107 Å². The first kappa shape index (κ1) is 28.3. The van der Waals surface area contributed by atoms with Crippen LogP contribution in [0.25, 0.3) is 11.3 Å². The molecule has 212 valence electrons. The van der Waals surface area contributed by atoms with Gasteiger partial charge in [-0.25, -0.2) is 9.97 Å². The number of ether oxygens (including phenoxy) is 1. The quantitative estimate of drug-likeness (QED) is 0.248. The average molecular weight is 561 g/mol. The third-order valence-corrected chi connectivity index (χ3v) is 7.21. The summed E-state index contributed by atoms with van der Waals surface area (Å²) in [7, 11) is 1.53. The lowest BCUT2D eigenvalue weighted by Crippen LogP contribution is -2.21. The molecule has 41 heavy (non-hydrogen) atoms. The molecule has 0 spiro atoms. The number of likely N-dealkylation sites (tertiary alicyclic amines) is 1. The van der Waals surface area contributed by atoms with Crippen LogP contribution in [0.3, 0.4) is 0 Å². The number of methoxy groups -OCH3 is 1. The van der Waals surface area contributed by atoms with Crippen molar-refractivity contribution in [2.45, 2.75) is 31.9 Å². The molecule has 1 N–H and O–H groups in total. The van der Waals surface area contributed by atoms with Gasteiger partial charge in [-0.2, -0.15) is 13.2 Å². The third-order valence-electron chi connectivity index (χ3n) is 7.21. The largest absolute Gasteiger partial charge is 0.496 e. The molecule has 1 aliphatic heterocycles. The van der Waals surface area contributed by atoms with E-state index in [1.54, 1.807) is 30.3 Å². The van der Waals surface area contributed by atoms with Gasteiger partial charge in [0, 0.05) is 41.5 Å². The molecule has 9 heteroatoms. The van der Waals surface area contributed by atoms with E-state index in [0.717, 1.165) is 25.1 Å². The summed E-state index contributed by atoms with van der Waals surface area (Å²) in [5, 5.41) is 2.95. The molecule has 0 saturated carbocycles. The summed E-state index contributed by atoms with van der Waals surface area (Å²) >= 11 is 0. The van der Waals surface area contributed by atoms with Crippen molar-refractivity contribution in [1.29, 1.82) is 0 Å². The number of alkyl halides is 3. The molecule has 0 bridgehead atoms. The van der Waals surface area contributed by atoms with Crippen molar-refractivity contribution < 1.29 is 22.7 Å². The lowest BCUT2D eigenvalue weighted by atomic mass is 10.0. The smallest absolute Gasteiger partial charge is 0.416 e. The van der Waals surface area contributed by atoms with Crippen LogP contribution >= 0.6 is 0 Å². The highest BCUT2D eigenvalue weighted by Gasteiger charge is 2.30. The van der Waals surface area contributed by atoms with E-state index in [-0.39, 0.29) is 12.3 Å². The highest BCUT2D eigenvalue weighted by Crippen LogP contribution is 2.32. The fourth-order valence-corrected chi connectivity index (χ4v) is 4.98. The average Bonchev–Trinajstić information content (AvgIpc) is 3.50. The van der Waals surface area contributed by atoms with Gasteiger partial charge >= 0.3 is 6.18 Å². The molecular weight excluding hydrogens is 529 g/mol. The van der Waals surface area contributed by atoms with Crippen molar-refractivity contribution in [3.8, 4) is 17.0 Å². The van der Waals surface area contributed by atoms with Gasteiger partial charge in [0.2, 0.25) is 0 Å². The summed E-state index contributed by atoms with van der Waals surface area (Å²) in [6, 6.07) is 19.6. The predicted molar refractivity (Wildman–Crippen MR) is 152 cm³/mol. The van der Waals surface area contributed by atoms with Gasteiger partial charge in [-0.3, -0.25) is 4.79 Å². The summed E-state index contributed by atoms with van der Waals surface area (Å²) in [5.41, 5.74) is 3.02. The summed E-state index contributed by atoms with van der Waals surface area (Å²) in [5.74, 6) is 0.676. The molecule has 2 heterocycles. The lowest BCUT2D eigenvalue weighted by Gasteiger charge is -2.14. The van der Waals surface area contributed by atoms with E-state index in [1.165, 1.54) is 50.9 Å². The number of rotatable bonds is 9. The number of carbonyl (C=O) groups is 1. The Labute approximate surface area is 237 Å². The molecule has 1 amide bonds. The second-order valence-electron chi connectivity index (χ2n) is 10.1. The van der Waals surface area contributed by atoms with Crippen molar-refractivity contribution in [3.63, 3.8) is 0 Å². The van der Waals surface area contributed by atoms with E-state index < -0.39 is 11.7 Å². The maximum Gasteiger partial charge on any atom is 0.416 e. The molecule has 0 aliphatic carbocycles. The maximum atomic E-state index is 13.2. The third kappa shape index (κ3) is 7.29. The fourth-order valence-electron chi connectivity index (χ4n) is 4.98. The zero-order valence-electron chi connectivity index (χ0n) is 22.7. The number of nitrogens with one attached hydrogen (secondary N) is 1. The molecule has 6 nitrogen and oxygen atoms in total. The molecule has 5 rings (SSSR count). The molecule has 0 unspecified atom stereocenters. The van der Waals surface area contributed by atoms with Crippen molar-refractivity contribution in [1.82, 2.24) is 14.9 Å². The van der Waals surface area contributed by atoms with Crippen LogP contribution in [0, 0.1) is 0 Å². The second kappa shape index (κ2) is 12.5. The van der Waals surface area contributed by atoms with Crippen LogP contribution in [-0.4, -0.2) is 47.5 Å². The number of halogens is 3. The first-order chi connectivity index (χ1) is 19.8. The Morgan fingerprint density at radius 3 is 2.51 bits per heavy atom. The fraction of sp³-hybridized carbons (Fsp3) is 0.281. The van der Waals surface area contributed by atoms with Gasteiger partial charge in [0.1, 0.15) is 11.6 Å². The van der Waals surface area contributed by atoms with Crippen molar-refractivity contribution in [2.24, 2.45) is 0 Å². The Kier molecular flexibility index (Phi) is 8.64. The van der Waals surface area contributed by atoms with Crippen LogP contribution in [0.5, 0.6) is 5.75 Å². The first-order valence-electron chi connectivity index (χ1n) is 13.6. The molecule has 1 aromatic heterocycles. The molecule has 1 saturated heterocycles. The van der Waals surface area contributed by atoms with Gasteiger partial charge in [-0.05, 0) is 86.4 Å². The topological polar surface area (TPSA) is 67.3 Å². The summed E-state index contributed by atoms with van der Waals surface area (Å²) in [4.78, 5) is 24.3. The minimum Gasteiger partial charge on any atom is -0.496 e. The Morgan fingerprint density at radius 2 is 1.78 bits per heavy atom. The number of aromatic nitrogens is 2. The van der Waals surface area contributed by atoms with Gasteiger partial charge in [-0.1, -0.05) is 24.3 Å². The van der Waals surface area contributed by atoms with E-state index in [0.29, 0.717) is 39.6 Å². The molecule has 0 radical (unpaired) electrons. The Bertz CT molecular complexity index is 1500. The van der Waals surface area contributed by atoms with Gasteiger partial charge in [-0.15, -0.1) is 0 Å². The molecule has 0 atom stereocenters. The molecule has 3 aromatic carbocycles. The van der Waals surface area contributed by atoms with Crippen LogP contribution in [0.1, 0.15) is 45.7 Å². The van der Waals surface area contributed by atoms with Crippen LogP contribution in [0.15, 0.2) is 79.0 Å². The summed E-state index contributed by atoms with van der Waals surface area (Å²) in [6.45, 7) is 3.39. The number of hydrogen-bond donors (Lipinski definition) is 1. The van der Waals surface area contributed by atoms with E-state index in [4.69, 9.17) is 4.74 Å². The van der Waals surface area contributed by atoms with Gasteiger partial charge in [0.25, 0.3) is 5.91 Å². The van der Waals surface area contributed by atoms with Crippen LogP contribution in [0.2, 0.25) is 0 Å². The maximum absolute atomic E-state index is 13.2. The normalized spacial score (nSPS) is 13.8.